The fourth-order valence-corrected chi connectivity index (χ4v) is 5.69. The number of fused-ring (bicyclic) bond motifs is 1. The normalized spacial score (nSPS) is 16.0. The van der Waals surface area contributed by atoms with Crippen molar-refractivity contribution in [2.24, 2.45) is 10.6 Å². The molecule has 4 rings (SSSR count). The molecule has 0 aliphatic heterocycles. The maximum absolute atomic E-state index is 12.9. The standard InChI is InChI=1S/C24H18BrCl5N2O2/c1-11-8-14-15(31-34-23(33)17-18(26)20(28)22(30)21(29)19(17)27)9-24(2,3)10-16(14)32(11)13-6-4-12(25)5-7-13/h4-8H,9-10H2,1-3H3/b31-15+. The highest BCUT2D eigenvalue weighted by atomic mass is 79.9. The summed E-state index contributed by atoms with van der Waals surface area (Å²) in [6, 6.07) is 10.2. The van der Waals surface area contributed by atoms with E-state index in [1.54, 1.807) is 0 Å². The van der Waals surface area contributed by atoms with Gasteiger partial charge in [0, 0.05) is 27.1 Å². The number of halogens is 6. The molecule has 0 unspecified atom stereocenters. The van der Waals surface area contributed by atoms with Crippen LogP contribution in [0.1, 0.15) is 47.6 Å². The molecule has 4 nitrogen and oxygen atoms in total. The molecular weight excluding hydrogens is 605 g/mol. The van der Waals surface area contributed by atoms with Crippen molar-refractivity contribution >= 4 is 85.6 Å². The van der Waals surface area contributed by atoms with Crippen LogP contribution in [0, 0.1) is 12.3 Å². The van der Waals surface area contributed by atoms with Crippen LogP contribution >= 0.6 is 73.9 Å². The van der Waals surface area contributed by atoms with Crippen molar-refractivity contribution in [2.75, 3.05) is 0 Å². The lowest BCUT2D eigenvalue weighted by atomic mass is 9.76. The van der Waals surface area contributed by atoms with Crippen LogP contribution in [0.3, 0.4) is 0 Å². The molecule has 0 saturated carbocycles. The quantitative estimate of drug-likeness (QED) is 0.126. The first-order valence-electron chi connectivity index (χ1n) is 10.2. The fourth-order valence-electron chi connectivity index (χ4n) is 4.14. The molecule has 0 atom stereocenters. The predicted molar refractivity (Wildman–Crippen MR) is 144 cm³/mol. The van der Waals surface area contributed by atoms with Crippen LogP contribution in [-0.4, -0.2) is 16.2 Å². The summed E-state index contributed by atoms with van der Waals surface area (Å²) in [5.41, 5.74) is 4.46. The van der Waals surface area contributed by atoms with Gasteiger partial charge >= 0.3 is 5.97 Å². The molecule has 1 heterocycles. The SMILES string of the molecule is Cc1cc2c(n1-c1ccc(Br)cc1)CC(C)(C)C/C2=N\OC(=O)c1c(Cl)c(Cl)c(Cl)c(Cl)c1Cl. The Hall–Kier alpha value is -1.21. The molecule has 0 amide bonds. The molecule has 34 heavy (non-hydrogen) atoms. The van der Waals surface area contributed by atoms with Crippen LogP contribution in [0.2, 0.25) is 25.1 Å². The zero-order valence-corrected chi connectivity index (χ0v) is 23.6. The number of nitrogens with zero attached hydrogens (tertiary/aromatic N) is 2. The van der Waals surface area contributed by atoms with E-state index in [4.69, 9.17) is 62.8 Å². The second-order valence-electron chi connectivity index (χ2n) is 8.84. The summed E-state index contributed by atoms with van der Waals surface area (Å²) in [5.74, 6) is -0.878. The number of hydrogen-bond donors (Lipinski definition) is 0. The maximum Gasteiger partial charge on any atom is 0.368 e. The monoisotopic (exact) mass is 620 g/mol. The van der Waals surface area contributed by atoms with Gasteiger partial charge in [-0.15, -0.1) is 0 Å². The first kappa shape index (κ1) is 25.9. The third-order valence-corrected chi connectivity index (χ3v) is 8.43. The molecule has 1 aromatic heterocycles. The Kier molecular flexibility index (Phi) is 7.37. The van der Waals surface area contributed by atoms with Gasteiger partial charge < -0.3 is 9.40 Å². The van der Waals surface area contributed by atoms with E-state index in [1.807, 2.05) is 31.2 Å². The van der Waals surface area contributed by atoms with Gasteiger partial charge in [0.25, 0.3) is 0 Å². The van der Waals surface area contributed by atoms with E-state index in [9.17, 15) is 4.79 Å². The highest BCUT2D eigenvalue weighted by Gasteiger charge is 2.34. The summed E-state index contributed by atoms with van der Waals surface area (Å²) in [7, 11) is 0. The number of aryl methyl sites for hydroxylation is 1. The minimum atomic E-state index is -0.878. The van der Waals surface area contributed by atoms with Crippen LogP contribution < -0.4 is 0 Å². The van der Waals surface area contributed by atoms with Crippen LogP contribution in [0.5, 0.6) is 0 Å². The molecular formula is C24H18BrCl5N2O2. The molecule has 3 aromatic rings. The maximum atomic E-state index is 12.9. The number of oxime groups is 1. The smallest absolute Gasteiger partial charge is 0.318 e. The van der Waals surface area contributed by atoms with Crippen molar-refractivity contribution < 1.29 is 9.63 Å². The van der Waals surface area contributed by atoms with E-state index in [2.05, 4.69) is 45.6 Å². The Morgan fingerprint density at radius 3 is 2.12 bits per heavy atom. The van der Waals surface area contributed by atoms with Crippen LogP contribution in [0.15, 0.2) is 40.0 Å². The first-order valence-corrected chi connectivity index (χ1v) is 12.9. The highest BCUT2D eigenvalue weighted by molar-refractivity contribution is 9.10. The zero-order chi connectivity index (χ0) is 24.9. The van der Waals surface area contributed by atoms with Crippen LogP contribution in [0.4, 0.5) is 0 Å². The Bertz CT molecular complexity index is 1320. The van der Waals surface area contributed by atoms with Gasteiger partial charge in [-0.05, 0) is 55.5 Å². The number of benzene rings is 2. The van der Waals surface area contributed by atoms with E-state index in [0.717, 1.165) is 33.5 Å². The Balaban J connectivity index is 1.75. The Morgan fingerprint density at radius 1 is 0.971 bits per heavy atom. The molecule has 0 saturated heterocycles. The lowest BCUT2D eigenvalue weighted by molar-refractivity contribution is 0.0514. The van der Waals surface area contributed by atoms with Gasteiger partial charge in [0.15, 0.2) is 0 Å². The fraction of sp³-hybridized carbons (Fsp3) is 0.250. The average molecular weight is 624 g/mol. The molecule has 178 valence electrons. The molecule has 0 N–H and O–H groups in total. The second-order valence-corrected chi connectivity index (χ2v) is 11.6. The summed E-state index contributed by atoms with van der Waals surface area (Å²) in [5, 5.41) is 3.74. The van der Waals surface area contributed by atoms with Crippen molar-refractivity contribution in [3.8, 4) is 5.69 Å². The van der Waals surface area contributed by atoms with Crippen molar-refractivity contribution in [2.45, 2.75) is 33.6 Å². The third-order valence-electron chi connectivity index (χ3n) is 5.63. The van der Waals surface area contributed by atoms with Crippen molar-refractivity contribution in [3.05, 3.63) is 82.4 Å². The molecule has 0 fully saturated rings. The van der Waals surface area contributed by atoms with Gasteiger partial charge in [-0.25, -0.2) is 4.79 Å². The lowest BCUT2D eigenvalue weighted by Crippen LogP contribution is -2.28. The van der Waals surface area contributed by atoms with E-state index in [-0.39, 0.29) is 36.1 Å². The van der Waals surface area contributed by atoms with Gasteiger partial charge in [-0.2, -0.15) is 0 Å². The summed E-state index contributed by atoms with van der Waals surface area (Å²) < 4.78 is 3.20. The molecule has 10 heteroatoms. The largest absolute Gasteiger partial charge is 0.368 e. The van der Waals surface area contributed by atoms with Gasteiger partial charge in [-0.1, -0.05) is 92.9 Å². The zero-order valence-electron chi connectivity index (χ0n) is 18.3. The van der Waals surface area contributed by atoms with Gasteiger partial charge in [0.05, 0.1) is 30.8 Å². The van der Waals surface area contributed by atoms with Crippen molar-refractivity contribution in [3.63, 3.8) is 0 Å². The summed E-state index contributed by atoms with van der Waals surface area (Å²) in [6.45, 7) is 6.33. The lowest BCUT2D eigenvalue weighted by Gasteiger charge is -2.31. The molecule has 0 radical (unpaired) electrons. The third kappa shape index (κ3) is 4.76. The summed E-state index contributed by atoms with van der Waals surface area (Å²) in [4.78, 5) is 18.2. The van der Waals surface area contributed by atoms with Crippen LogP contribution in [-0.2, 0) is 11.3 Å². The Morgan fingerprint density at radius 2 is 1.53 bits per heavy atom. The molecule has 0 bridgehead atoms. The van der Waals surface area contributed by atoms with Gasteiger partial charge in [0.2, 0.25) is 0 Å². The van der Waals surface area contributed by atoms with E-state index in [1.165, 1.54) is 0 Å². The topological polar surface area (TPSA) is 43.6 Å². The van der Waals surface area contributed by atoms with Crippen molar-refractivity contribution in [1.82, 2.24) is 4.57 Å². The van der Waals surface area contributed by atoms with Crippen molar-refractivity contribution in [1.29, 1.82) is 0 Å². The average Bonchev–Trinajstić information content (AvgIpc) is 3.10. The van der Waals surface area contributed by atoms with E-state index in [0.29, 0.717) is 12.1 Å². The van der Waals surface area contributed by atoms with Crippen LogP contribution in [0.25, 0.3) is 5.69 Å². The number of rotatable bonds is 3. The minimum Gasteiger partial charge on any atom is -0.318 e. The molecule has 0 spiro atoms. The van der Waals surface area contributed by atoms with Gasteiger partial charge in [-0.3, -0.25) is 0 Å². The predicted octanol–water partition coefficient (Wildman–Crippen LogP) is 9.35. The number of hydrogen-bond acceptors (Lipinski definition) is 3. The van der Waals surface area contributed by atoms with E-state index < -0.39 is 5.97 Å². The second kappa shape index (κ2) is 9.68. The number of carbonyl (C=O) groups is 1. The summed E-state index contributed by atoms with van der Waals surface area (Å²) >= 11 is 34.1. The number of carbonyl (C=O) groups excluding carboxylic acids is 1. The summed E-state index contributed by atoms with van der Waals surface area (Å²) in [6.07, 6.45) is 1.44. The molecule has 1 aliphatic rings. The minimum absolute atomic E-state index is 0.0374. The first-order chi connectivity index (χ1) is 15.9. The van der Waals surface area contributed by atoms with E-state index >= 15 is 0 Å². The highest BCUT2D eigenvalue weighted by Crippen LogP contribution is 2.44. The molecule has 2 aromatic carbocycles. The van der Waals surface area contributed by atoms with Gasteiger partial charge in [0.1, 0.15) is 5.56 Å². The Labute approximate surface area is 230 Å². The molecule has 1 aliphatic carbocycles. The number of aromatic nitrogens is 1.